The van der Waals surface area contributed by atoms with Crippen molar-refractivity contribution in [3.05, 3.63) is 70.8 Å². The summed E-state index contributed by atoms with van der Waals surface area (Å²) in [4.78, 5) is 0. The summed E-state index contributed by atoms with van der Waals surface area (Å²) in [6.07, 6.45) is 1.80. The van der Waals surface area contributed by atoms with Crippen LogP contribution in [-0.4, -0.2) is 7.05 Å². The fraction of sp³-hybridized carbons (Fsp3) is 0.294. The number of benzene rings is 2. The molecule has 1 atom stereocenters. The molecule has 0 amide bonds. The molecule has 0 aromatic heterocycles. The topological polar surface area (TPSA) is 12.0 Å². The van der Waals surface area contributed by atoms with Gasteiger partial charge < -0.3 is 5.32 Å². The van der Waals surface area contributed by atoms with Crippen LogP contribution in [0, 0.1) is 17.6 Å². The van der Waals surface area contributed by atoms with Gasteiger partial charge in [-0.2, -0.15) is 0 Å². The zero-order chi connectivity index (χ0) is 14.1. The second-order valence-corrected chi connectivity index (χ2v) is 5.35. The molecule has 104 valence electrons. The van der Waals surface area contributed by atoms with Crippen LogP contribution in [0.15, 0.2) is 42.5 Å². The van der Waals surface area contributed by atoms with Crippen molar-refractivity contribution >= 4 is 0 Å². The summed E-state index contributed by atoms with van der Waals surface area (Å²) in [5, 5.41) is 3.16. The molecule has 0 saturated carbocycles. The van der Waals surface area contributed by atoms with E-state index in [-0.39, 0.29) is 12.0 Å². The van der Waals surface area contributed by atoms with Crippen LogP contribution < -0.4 is 5.32 Å². The van der Waals surface area contributed by atoms with E-state index >= 15 is 0 Å². The minimum absolute atomic E-state index is 0.168. The molecule has 0 fully saturated rings. The highest BCUT2D eigenvalue weighted by molar-refractivity contribution is 5.34. The van der Waals surface area contributed by atoms with Crippen molar-refractivity contribution < 1.29 is 8.78 Å². The lowest BCUT2D eigenvalue weighted by molar-refractivity contribution is 0.376. The number of rotatable bonds is 3. The normalized spacial score (nSPS) is 16.1. The maximum Gasteiger partial charge on any atom is 0.163 e. The van der Waals surface area contributed by atoms with Gasteiger partial charge >= 0.3 is 0 Å². The van der Waals surface area contributed by atoms with E-state index in [9.17, 15) is 8.78 Å². The van der Waals surface area contributed by atoms with Crippen LogP contribution in [0.1, 0.15) is 22.7 Å². The summed E-state index contributed by atoms with van der Waals surface area (Å²) in [6, 6.07) is 12.5. The second kappa shape index (κ2) is 5.33. The molecule has 3 rings (SSSR count). The van der Waals surface area contributed by atoms with Crippen LogP contribution in [0.3, 0.4) is 0 Å². The molecule has 20 heavy (non-hydrogen) atoms. The Hall–Kier alpha value is -1.74. The molecule has 1 aliphatic rings. The predicted molar refractivity (Wildman–Crippen MR) is 75.5 cm³/mol. The Labute approximate surface area is 117 Å². The lowest BCUT2D eigenvalue weighted by Crippen LogP contribution is -2.27. The van der Waals surface area contributed by atoms with Crippen molar-refractivity contribution in [3.8, 4) is 0 Å². The van der Waals surface area contributed by atoms with E-state index in [1.165, 1.54) is 11.1 Å². The van der Waals surface area contributed by atoms with Crippen molar-refractivity contribution in [2.45, 2.75) is 18.9 Å². The zero-order valence-corrected chi connectivity index (χ0v) is 11.4. The Morgan fingerprint density at radius 1 is 1.00 bits per heavy atom. The zero-order valence-electron chi connectivity index (χ0n) is 11.4. The number of nitrogens with one attached hydrogen (secondary N) is 1. The Kier molecular flexibility index (Phi) is 3.53. The van der Waals surface area contributed by atoms with Gasteiger partial charge in [-0.3, -0.25) is 0 Å². The van der Waals surface area contributed by atoms with Crippen LogP contribution in [0.25, 0.3) is 0 Å². The lowest BCUT2D eigenvalue weighted by atomic mass is 9.90. The summed E-state index contributed by atoms with van der Waals surface area (Å²) < 4.78 is 27.4. The summed E-state index contributed by atoms with van der Waals surface area (Å²) in [5.74, 6) is -1.25. The molecule has 0 heterocycles. The molecule has 0 bridgehead atoms. The minimum atomic E-state index is -0.779. The predicted octanol–water partition coefficient (Wildman–Crippen LogP) is 3.64. The summed E-state index contributed by atoms with van der Waals surface area (Å²) in [7, 11) is 1.80. The first-order valence-electron chi connectivity index (χ1n) is 6.88. The van der Waals surface area contributed by atoms with Gasteiger partial charge in [-0.05, 0) is 43.0 Å². The molecule has 0 spiro atoms. The third-order valence-corrected chi connectivity index (χ3v) is 4.18. The molecule has 1 aliphatic carbocycles. The minimum Gasteiger partial charge on any atom is -0.313 e. The van der Waals surface area contributed by atoms with Crippen molar-refractivity contribution in [2.75, 3.05) is 7.05 Å². The maximum absolute atomic E-state index is 14.0. The molecule has 2 aromatic rings. The van der Waals surface area contributed by atoms with Gasteiger partial charge in [0.1, 0.15) is 0 Å². The average Bonchev–Trinajstić information content (AvgIpc) is 2.87. The van der Waals surface area contributed by atoms with Gasteiger partial charge in [0.25, 0.3) is 0 Å². The Bertz CT molecular complexity index is 599. The van der Waals surface area contributed by atoms with Gasteiger partial charge in [-0.1, -0.05) is 36.4 Å². The third kappa shape index (κ3) is 2.22. The van der Waals surface area contributed by atoms with Crippen LogP contribution in [0.4, 0.5) is 8.78 Å². The summed E-state index contributed by atoms with van der Waals surface area (Å²) in [5.41, 5.74) is 3.05. The van der Waals surface area contributed by atoms with Crippen LogP contribution in [0.2, 0.25) is 0 Å². The molecular formula is C17H17F2N. The van der Waals surface area contributed by atoms with Gasteiger partial charge in [0.05, 0.1) is 0 Å². The molecular weight excluding hydrogens is 256 g/mol. The first-order chi connectivity index (χ1) is 9.70. The summed E-state index contributed by atoms with van der Waals surface area (Å²) in [6.45, 7) is 0. The fourth-order valence-corrected chi connectivity index (χ4v) is 3.23. The van der Waals surface area contributed by atoms with Crippen molar-refractivity contribution in [1.29, 1.82) is 0 Å². The molecule has 3 heteroatoms. The first-order valence-corrected chi connectivity index (χ1v) is 6.88. The number of hydrogen-bond donors (Lipinski definition) is 1. The first kappa shape index (κ1) is 13.3. The Morgan fingerprint density at radius 3 is 2.25 bits per heavy atom. The van der Waals surface area contributed by atoms with E-state index in [0.717, 1.165) is 18.9 Å². The quantitative estimate of drug-likeness (QED) is 0.900. The largest absolute Gasteiger partial charge is 0.313 e. The maximum atomic E-state index is 14.0. The highest BCUT2D eigenvalue weighted by Gasteiger charge is 2.30. The van der Waals surface area contributed by atoms with E-state index in [1.54, 1.807) is 19.2 Å². The third-order valence-electron chi connectivity index (χ3n) is 4.18. The highest BCUT2D eigenvalue weighted by atomic mass is 19.2. The van der Waals surface area contributed by atoms with E-state index in [1.807, 2.05) is 12.1 Å². The lowest BCUT2D eigenvalue weighted by Gasteiger charge is -2.24. The van der Waals surface area contributed by atoms with Crippen LogP contribution in [0.5, 0.6) is 0 Å². The van der Waals surface area contributed by atoms with Crippen LogP contribution in [-0.2, 0) is 12.8 Å². The molecule has 1 N–H and O–H groups in total. The number of fused-ring (bicyclic) bond motifs is 1. The monoisotopic (exact) mass is 273 g/mol. The van der Waals surface area contributed by atoms with Crippen molar-refractivity contribution in [3.63, 3.8) is 0 Å². The number of halogens is 2. The molecule has 0 saturated heterocycles. The van der Waals surface area contributed by atoms with E-state index in [4.69, 9.17) is 0 Å². The van der Waals surface area contributed by atoms with E-state index in [2.05, 4.69) is 17.4 Å². The Morgan fingerprint density at radius 2 is 1.65 bits per heavy atom. The van der Waals surface area contributed by atoms with Crippen LogP contribution >= 0.6 is 0 Å². The molecule has 1 unspecified atom stereocenters. The molecule has 2 aromatic carbocycles. The average molecular weight is 273 g/mol. The Balaban J connectivity index is 1.91. The van der Waals surface area contributed by atoms with Gasteiger partial charge in [0.15, 0.2) is 11.6 Å². The summed E-state index contributed by atoms with van der Waals surface area (Å²) >= 11 is 0. The molecule has 0 aliphatic heterocycles. The molecule has 1 nitrogen and oxygen atoms in total. The highest BCUT2D eigenvalue weighted by Crippen LogP contribution is 2.36. The number of hydrogen-bond acceptors (Lipinski definition) is 1. The van der Waals surface area contributed by atoms with Crippen molar-refractivity contribution in [2.24, 2.45) is 5.92 Å². The van der Waals surface area contributed by atoms with Gasteiger partial charge in [-0.25, -0.2) is 8.78 Å². The van der Waals surface area contributed by atoms with Gasteiger partial charge in [0.2, 0.25) is 0 Å². The smallest absolute Gasteiger partial charge is 0.163 e. The molecule has 0 radical (unpaired) electrons. The van der Waals surface area contributed by atoms with Gasteiger partial charge in [-0.15, -0.1) is 0 Å². The SMILES string of the molecule is CNC(c1cccc(F)c1F)C1Cc2ccccc2C1. The standard InChI is InChI=1S/C17H17F2N/c1-20-17(14-7-4-8-15(18)16(14)19)13-9-11-5-2-3-6-12(11)10-13/h2-8,13,17,20H,9-10H2,1H3. The second-order valence-electron chi connectivity index (χ2n) is 5.35. The van der Waals surface area contributed by atoms with E-state index in [0.29, 0.717) is 5.56 Å². The van der Waals surface area contributed by atoms with E-state index < -0.39 is 11.6 Å². The van der Waals surface area contributed by atoms with Gasteiger partial charge in [0, 0.05) is 11.6 Å². The van der Waals surface area contributed by atoms with Crippen molar-refractivity contribution in [1.82, 2.24) is 5.32 Å². The fourth-order valence-electron chi connectivity index (χ4n) is 3.23.